The third kappa shape index (κ3) is 3.80. The Morgan fingerprint density at radius 3 is 2.89 bits per heavy atom. The number of pyridine rings is 1. The largest absolute Gasteiger partial charge is 0.384 e. The second-order valence-corrected chi connectivity index (χ2v) is 4.38. The van der Waals surface area contributed by atoms with Gasteiger partial charge in [0.1, 0.15) is 5.82 Å². The van der Waals surface area contributed by atoms with Crippen LogP contribution in [0.1, 0.15) is 19.3 Å². The van der Waals surface area contributed by atoms with Crippen LogP contribution in [-0.4, -0.2) is 28.4 Å². The number of hydrogen-bond donors (Lipinski definition) is 3. The van der Waals surface area contributed by atoms with Gasteiger partial charge in [0, 0.05) is 25.1 Å². The number of anilines is 2. The monoisotopic (exact) mass is 265 g/mol. The number of nitrogens with one attached hydrogen (secondary N) is 2. The first-order chi connectivity index (χ1) is 9.06. The molecule has 19 heavy (non-hydrogen) atoms. The number of nitrogens with zero attached hydrogens (tertiary/aromatic N) is 2. The van der Waals surface area contributed by atoms with Crippen LogP contribution in [0.2, 0.25) is 0 Å². The molecular weight excluding hydrogens is 250 g/mol. The first-order valence-electron chi connectivity index (χ1n) is 6.00. The van der Waals surface area contributed by atoms with E-state index in [1.807, 2.05) is 0 Å². The average Bonchev–Trinajstić information content (AvgIpc) is 3.12. The summed E-state index contributed by atoms with van der Waals surface area (Å²) in [6, 6.07) is 2.96. The highest BCUT2D eigenvalue weighted by Crippen LogP contribution is 2.22. The first kappa shape index (κ1) is 13.1. The maximum Gasteiger partial charge on any atom is 0.311 e. The second kappa shape index (κ2) is 5.51. The maximum atomic E-state index is 11.4. The standard InChI is InChI=1S/C11H15N5O3/c12-9-4-3-8(16(18)19)11(15-9)13-6-5-10(17)14-7-1-2-7/h3-4,7H,1-2,5-6H2,(H,14,17)(H3,12,13,15). The van der Waals surface area contributed by atoms with Crippen LogP contribution >= 0.6 is 0 Å². The zero-order chi connectivity index (χ0) is 13.8. The molecule has 0 bridgehead atoms. The zero-order valence-corrected chi connectivity index (χ0v) is 10.3. The van der Waals surface area contributed by atoms with E-state index in [1.165, 1.54) is 12.1 Å². The Kier molecular flexibility index (Phi) is 3.79. The summed E-state index contributed by atoms with van der Waals surface area (Å²) in [4.78, 5) is 25.5. The summed E-state index contributed by atoms with van der Waals surface area (Å²) in [6.07, 6.45) is 2.30. The van der Waals surface area contributed by atoms with E-state index in [1.54, 1.807) is 0 Å². The highest BCUT2D eigenvalue weighted by atomic mass is 16.6. The molecule has 0 atom stereocenters. The Morgan fingerprint density at radius 2 is 2.26 bits per heavy atom. The molecule has 0 spiro atoms. The number of nitrogens with two attached hydrogens (primary N) is 1. The summed E-state index contributed by atoms with van der Waals surface area (Å²) in [5.41, 5.74) is 5.32. The number of carbonyl (C=O) groups excluding carboxylic acids is 1. The van der Waals surface area contributed by atoms with Crippen LogP contribution < -0.4 is 16.4 Å². The lowest BCUT2D eigenvalue weighted by molar-refractivity contribution is -0.384. The van der Waals surface area contributed by atoms with Crippen molar-refractivity contribution in [1.82, 2.24) is 10.3 Å². The molecule has 8 nitrogen and oxygen atoms in total. The summed E-state index contributed by atoms with van der Waals surface area (Å²) in [5, 5.41) is 16.4. The van der Waals surface area contributed by atoms with Gasteiger partial charge in [0.05, 0.1) is 4.92 Å². The minimum atomic E-state index is -0.543. The number of nitrogen functional groups attached to an aromatic ring is 1. The molecule has 0 unspecified atom stereocenters. The molecule has 0 aromatic carbocycles. The van der Waals surface area contributed by atoms with E-state index >= 15 is 0 Å². The third-order valence-corrected chi connectivity index (χ3v) is 2.68. The number of aromatic nitrogens is 1. The summed E-state index contributed by atoms with van der Waals surface area (Å²) >= 11 is 0. The predicted molar refractivity (Wildman–Crippen MR) is 69.6 cm³/mol. The van der Waals surface area contributed by atoms with Crippen molar-refractivity contribution < 1.29 is 9.72 Å². The van der Waals surface area contributed by atoms with Gasteiger partial charge in [0.2, 0.25) is 11.7 Å². The molecule has 1 fully saturated rings. The molecular formula is C11H15N5O3. The molecule has 0 aliphatic heterocycles. The molecule has 1 aliphatic carbocycles. The number of rotatable bonds is 6. The third-order valence-electron chi connectivity index (χ3n) is 2.68. The molecule has 4 N–H and O–H groups in total. The van der Waals surface area contributed by atoms with Crippen LogP contribution in [0.5, 0.6) is 0 Å². The van der Waals surface area contributed by atoms with E-state index < -0.39 is 4.92 Å². The van der Waals surface area contributed by atoms with Crippen LogP contribution in [-0.2, 0) is 4.79 Å². The summed E-state index contributed by atoms with van der Waals surface area (Å²) in [7, 11) is 0. The van der Waals surface area contributed by atoms with Gasteiger partial charge in [0.15, 0.2) is 0 Å². The lowest BCUT2D eigenvalue weighted by Crippen LogP contribution is -2.27. The second-order valence-electron chi connectivity index (χ2n) is 4.38. The fraction of sp³-hybridized carbons (Fsp3) is 0.455. The van der Waals surface area contributed by atoms with Gasteiger partial charge in [-0.05, 0) is 18.9 Å². The van der Waals surface area contributed by atoms with Gasteiger partial charge in [-0.1, -0.05) is 0 Å². The smallest absolute Gasteiger partial charge is 0.311 e. The Morgan fingerprint density at radius 1 is 1.53 bits per heavy atom. The van der Waals surface area contributed by atoms with Gasteiger partial charge in [-0.3, -0.25) is 14.9 Å². The lowest BCUT2D eigenvalue weighted by Gasteiger charge is -2.07. The highest BCUT2D eigenvalue weighted by Gasteiger charge is 2.23. The van der Waals surface area contributed by atoms with E-state index in [2.05, 4.69) is 15.6 Å². The van der Waals surface area contributed by atoms with E-state index in [0.717, 1.165) is 12.8 Å². The predicted octanol–water partition coefficient (Wildman–Crippen LogP) is 0.653. The van der Waals surface area contributed by atoms with Crippen molar-refractivity contribution in [3.63, 3.8) is 0 Å². The van der Waals surface area contributed by atoms with E-state index in [9.17, 15) is 14.9 Å². The average molecular weight is 265 g/mol. The quantitative estimate of drug-likeness (QED) is 0.512. The van der Waals surface area contributed by atoms with Gasteiger partial charge in [0.25, 0.3) is 0 Å². The summed E-state index contributed by atoms with van der Waals surface area (Å²) < 4.78 is 0. The number of amides is 1. The molecule has 2 rings (SSSR count). The van der Waals surface area contributed by atoms with Gasteiger partial charge in [-0.2, -0.15) is 0 Å². The number of hydrogen-bond acceptors (Lipinski definition) is 6. The molecule has 102 valence electrons. The van der Waals surface area contributed by atoms with Crippen molar-refractivity contribution >= 4 is 23.2 Å². The Hall–Kier alpha value is -2.38. The van der Waals surface area contributed by atoms with Gasteiger partial charge < -0.3 is 16.4 Å². The van der Waals surface area contributed by atoms with E-state index in [0.29, 0.717) is 6.04 Å². The van der Waals surface area contributed by atoms with Gasteiger partial charge in [-0.25, -0.2) is 4.98 Å². The topological polar surface area (TPSA) is 123 Å². The minimum Gasteiger partial charge on any atom is -0.384 e. The SMILES string of the molecule is Nc1ccc([N+](=O)[O-])c(NCCC(=O)NC2CC2)n1. The van der Waals surface area contributed by atoms with Crippen molar-refractivity contribution in [2.75, 3.05) is 17.6 Å². The molecule has 1 amide bonds. The number of nitro groups is 1. The molecule has 0 radical (unpaired) electrons. The Labute approximate surface area is 109 Å². The van der Waals surface area contributed by atoms with Crippen molar-refractivity contribution in [3.05, 3.63) is 22.2 Å². The number of carbonyl (C=O) groups is 1. The molecule has 1 aromatic rings. The fourth-order valence-electron chi connectivity index (χ4n) is 1.57. The summed E-state index contributed by atoms with van der Waals surface area (Å²) in [6.45, 7) is 0.274. The van der Waals surface area contributed by atoms with Gasteiger partial charge >= 0.3 is 5.69 Å². The van der Waals surface area contributed by atoms with Crippen LogP contribution in [0, 0.1) is 10.1 Å². The Balaban J connectivity index is 1.88. The lowest BCUT2D eigenvalue weighted by atomic mass is 10.3. The van der Waals surface area contributed by atoms with Crippen molar-refractivity contribution in [3.8, 4) is 0 Å². The van der Waals surface area contributed by atoms with E-state index in [4.69, 9.17) is 5.73 Å². The normalized spacial score (nSPS) is 13.9. The highest BCUT2D eigenvalue weighted by molar-refractivity contribution is 5.77. The maximum absolute atomic E-state index is 11.4. The Bertz CT molecular complexity index is 501. The molecule has 8 heteroatoms. The van der Waals surface area contributed by atoms with Crippen LogP contribution in [0.3, 0.4) is 0 Å². The van der Waals surface area contributed by atoms with Crippen molar-refractivity contribution in [2.45, 2.75) is 25.3 Å². The molecule has 0 saturated heterocycles. The van der Waals surface area contributed by atoms with Crippen LogP contribution in [0.25, 0.3) is 0 Å². The van der Waals surface area contributed by atoms with Gasteiger partial charge in [-0.15, -0.1) is 0 Å². The van der Waals surface area contributed by atoms with Crippen molar-refractivity contribution in [1.29, 1.82) is 0 Å². The van der Waals surface area contributed by atoms with Crippen LogP contribution in [0.15, 0.2) is 12.1 Å². The fourth-order valence-corrected chi connectivity index (χ4v) is 1.57. The zero-order valence-electron chi connectivity index (χ0n) is 10.3. The summed E-state index contributed by atoms with van der Waals surface area (Å²) in [5.74, 6) is 0.210. The molecule has 1 aromatic heterocycles. The minimum absolute atomic E-state index is 0.0680. The van der Waals surface area contributed by atoms with Crippen molar-refractivity contribution in [2.24, 2.45) is 0 Å². The molecule has 1 aliphatic rings. The van der Waals surface area contributed by atoms with E-state index in [-0.39, 0.29) is 36.2 Å². The van der Waals surface area contributed by atoms with Crippen LogP contribution in [0.4, 0.5) is 17.3 Å². The molecule has 1 saturated carbocycles. The first-order valence-corrected chi connectivity index (χ1v) is 6.00. The molecule has 1 heterocycles.